The van der Waals surface area contributed by atoms with Crippen LogP contribution in [-0.2, 0) is 0 Å². The summed E-state index contributed by atoms with van der Waals surface area (Å²) in [6.07, 6.45) is 1.63. The number of methoxy groups -OCH3 is 1. The molecular weight excluding hydrogens is 316 g/mol. The van der Waals surface area contributed by atoms with E-state index in [1.54, 1.807) is 18.2 Å². The zero-order valence-corrected chi connectivity index (χ0v) is 13.0. The molecule has 2 aromatic carbocycles. The van der Waals surface area contributed by atoms with Gasteiger partial charge < -0.3 is 14.3 Å². The average Bonchev–Trinajstić information content (AvgIpc) is 3.06. The predicted octanol–water partition coefficient (Wildman–Crippen LogP) is 4.19. The largest absolute Gasteiger partial charge is 0.504 e. The molecule has 0 bridgehead atoms. The van der Waals surface area contributed by atoms with Crippen LogP contribution in [0.4, 0.5) is 0 Å². The maximum atomic E-state index is 9.78. The Hall–Kier alpha value is -2.79. The third-order valence-corrected chi connectivity index (χ3v) is 3.42. The molecule has 0 radical (unpaired) electrons. The number of benzene rings is 2. The summed E-state index contributed by atoms with van der Waals surface area (Å²) in [4.78, 5) is 0. The van der Waals surface area contributed by atoms with Gasteiger partial charge in [-0.2, -0.15) is 0 Å². The average molecular weight is 329 g/mol. The molecule has 5 nitrogen and oxygen atoms in total. The molecule has 6 heteroatoms. The molecule has 0 amide bonds. The molecular formula is C17H13ClN2O3. The van der Waals surface area contributed by atoms with Gasteiger partial charge in [-0.05, 0) is 35.9 Å². The fraction of sp³-hybridized carbons (Fsp3) is 0.0588. The lowest BCUT2D eigenvalue weighted by molar-refractivity contribution is 0.373. The quantitative estimate of drug-likeness (QED) is 0.777. The highest BCUT2D eigenvalue weighted by Crippen LogP contribution is 2.29. The summed E-state index contributed by atoms with van der Waals surface area (Å²) in [7, 11) is 1.49. The summed E-state index contributed by atoms with van der Waals surface area (Å²) in [5, 5.41) is 18.0. The number of rotatable bonds is 4. The van der Waals surface area contributed by atoms with Crippen LogP contribution in [0.15, 0.2) is 52.9 Å². The van der Waals surface area contributed by atoms with Gasteiger partial charge in [0.05, 0.1) is 7.11 Å². The molecule has 0 aliphatic rings. The Balaban J connectivity index is 1.87. The van der Waals surface area contributed by atoms with Crippen LogP contribution in [0.5, 0.6) is 11.5 Å². The van der Waals surface area contributed by atoms with Crippen LogP contribution in [0.25, 0.3) is 22.6 Å². The molecule has 0 saturated carbocycles. The zero-order valence-electron chi connectivity index (χ0n) is 12.2. The van der Waals surface area contributed by atoms with Crippen LogP contribution in [-0.4, -0.2) is 22.4 Å². The Morgan fingerprint density at radius 2 is 1.96 bits per heavy atom. The maximum Gasteiger partial charge on any atom is 0.259 e. The SMILES string of the molecule is COc1ccc(/C=C(\Cl)c2nnc(-c3ccccc3)o2)cc1O. The highest BCUT2D eigenvalue weighted by molar-refractivity contribution is 6.50. The first-order chi connectivity index (χ1) is 11.2. The third kappa shape index (κ3) is 3.35. The number of halogens is 1. The van der Waals surface area contributed by atoms with Gasteiger partial charge in [-0.1, -0.05) is 35.9 Å². The number of nitrogens with zero attached hydrogens (tertiary/aromatic N) is 2. The smallest absolute Gasteiger partial charge is 0.259 e. The van der Waals surface area contributed by atoms with Crippen molar-refractivity contribution in [1.29, 1.82) is 0 Å². The van der Waals surface area contributed by atoms with Crippen molar-refractivity contribution in [2.45, 2.75) is 0 Å². The Morgan fingerprint density at radius 1 is 1.17 bits per heavy atom. The summed E-state index contributed by atoms with van der Waals surface area (Å²) in [5.41, 5.74) is 1.51. The Bertz CT molecular complexity index is 844. The second-order valence-electron chi connectivity index (χ2n) is 4.70. The van der Waals surface area contributed by atoms with Gasteiger partial charge in [0.15, 0.2) is 11.5 Å². The molecule has 1 N–H and O–H groups in total. The molecule has 0 unspecified atom stereocenters. The molecule has 0 fully saturated rings. The van der Waals surface area contributed by atoms with Gasteiger partial charge in [-0.3, -0.25) is 0 Å². The van der Waals surface area contributed by atoms with Crippen LogP contribution in [0.2, 0.25) is 0 Å². The van der Waals surface area contributed by atoms with Crippen molar-refractivity contribution in [2.24, 2.45) is 0 Å². The van der Waals surface area contributed by atoms with E-state index in [2.05, 4.69) is 10.2 Å². The minimum Gasteiger partial charge on any atom is -0.504 e. The monoisotopic (exact) mass is 328 g/mol. The van der Waals surface area contributed by atoms with E-state index in [0.29, 0.717) is 17.2 Å². The summed E-state index contributed by atoms with van der Waals surface area (Å²) < 4.78 is 10.6. The van der Waals surface area contributed by atoms with Crippen LogP contribution in [0.1, 0.15) is 11.5 Å². The first kappa shape index (κ1) is 15.1. The highest BCUT2D eigenvalue weighted by Gasteiger charge is 2.11. The topological polar surface area (TPSA) is 68.4 Å². The van der Waals surface area contributed by atoms with Gasteiger partial charge in [0.2, 0.25) is 5.89 Å². The normalized spacial score (nSPS) is 11.5. The zero-order chi connectivity index (χ0) is 16.2. The Kier molecular flexibility index (Phi) is 4.30. The van der Waals surface area contributed by atoms with E-state index >= 15 is 0 Å². The van der Waals surface area contributed by atoms with E-state index in [0.717, 1.165) is 5.56 Å². The standard InChI is InChI=1S/C17H13ClN2O3/c1-22-15-8-7-11(10-14(15)21)9-13(18)17-20-19-16(23-17)12-5-3-2-4-6-12/h2-10,21H,1H3/b13-9-. The predicted molar refractivity (Wildman–Crippen MR) is 88.1 cm³/mol. The molecule has 23 heavy (non-hydrogen) atoms. The molecule has 0 aliphatic heterocycles. The Labute approximate surface area is 137 Å². The second kappa shape index (κ2) is 6.54. The minimum absolute atomic E-state index is 0.0289. The van der Waals surface area contributed by atoms with E-state index in [9.17, 15) is 5.11 Å². The molecule has 0 saturated heterocycles. The van der Waals surface area contributed by atoms with Crippen LogP contribution < -0.4 is 4.74 Å². The summed E-state index contributed by atoms with van der Waals surface area (Å²) in [5.74, 6) is 1.02. The molecule has 3 aromatic rings. The van der Waals surface area contributed by atoms with E-state index in [1.807, 2.05) is 30.3 Å². The molecule has 1 heterocycles. The number of phenols is 1. The van der Waals surface area contributed by atoms with Crippen molar-refractivity contribution in [3.8, 4) is 23.0 Å². The van der Waals surface area contributed by atoms with E-state index in [1.165, 1.54) is 13.2 Å². The lowest BCUT2D eigenvalue weighted by atomic mass is 10.2. The van der Waals surface area contributed by atoms with Crippen LogP contribution in [0.3, 0.4) is 0 Å². The van der Waals surface area contributed by atoms with Gasteiger partial charge in [-0.15, -0.1) is 10.2 Å². The van der Waals surface area contributed by atoms with E-state index < -0.39 is 0 Å². The number of aromatic nitrogens is 2. The van der Waals surface area contributed by atoms with Crippen molar-refractivity contribution < 1.29 is 14.3 Å². The van der Waals surface area contributed by atoms with Crippen molar-refractivity contribution in [2.75, 3.05) is 7.11 Å². The first-order valence-electron chi connectivity index (χ1n) is 6.81. The minimum atomic E-state index is 0.0289. The van der Waals surface area contributed by atoms with Crippen molar-refractivity contribution >= 4 is 22.7 Å². The number of phenolic OH excluding ortho intramolecular Hbond substituents is 1. The number of ether oxygens (including phenoxy) is 1. The molecule has 116 valence electrons. The molecule has 0 atom stereocenters. The summed E-state index contributed by atoms with van der Waals surface area (Å²) in [6.45, 7) is 0. The summed E-state index contributed by atoms with van der Waals surface area (Å²) in [6, 6.07) is 14.4. The third-order valence-electron chi connectivity index (χ3n) is 3.15. The van der Waals surface area contributed by atoms with Gasteiger partial charge in [0, 0.05) is 5.56 Å². The fourth-order valence-electron chi connectivity index (χ4n) is 2.02. The lowest BCUT2D eigenvalue weighted by Crippen LogP contribution is -1.84. The molecule has 1 aromatic heterocycles. The second-order valence-corrected chi connectivity index (χ2v) is 5.11. The van der Waals surface area contributed by atoms with Crippen LogP contribution in [0, 0.1) is 0 Å². The van der Waals surface area contributed by atoms with Gasteiger partial charge >= 0.3 is 0 Å². The molecule has 3 rings (SSSR count). The Morgan fingerprint density at radius 3 is 2.65 bits per heavy atom. The summed E-state index contributed by atoms with van der Waals surface area (Å²) >= 11 is 6.22. The van der Waals surface area contributed by atoms with Gasteiger partial charge in [0.25, 0.3) is 5.89 Å². The van der Waals surface area contributed by atoms with E-state index in [-0.39, 0.29) is 16.7 Å². The number of hydrogen-bond acceptors (Lipinski definition) is 5. The number of aromatic hydroxyl groups is 1. The fourth-order valence-corrected chi connectivity index (χ4v) is 2.22. The highest BCUT2D eigenvalue weighted by atomic mass is 35.5. The molecule has 0 spiro atoms. The van der Waals surface area contributed by atoms with Crippen molar-refractivity contribution in [1.82, 2.24) is 10.2 Å². The lowest BCUT2D eigenvalue weighted by Gasteiger charge is -2.03. The van der Waals surface area contributed by atoms with E-state index in [4.69, 9.17) is 20.8 Å². The maximum absolute atomic E-state index is 9.78. The van der Waals surface area contributed by atoms with Crippen LogP contribution >= 0.6 is 11.6 Å². The molecule has 0 aliphatic carbocycles. The number of hydrogen-bond donors (Lipinski definition) is 1. The van der Waals surface area contributed by atoms with Gasteiger partial charge in [0.1, 0.15) is 5.03 Å². The van der Waals surface area contributed by atoms with Crippen molar-refractivity contribution in [3.05, 3.63) is 60.0 Å². The first-order valence-corrected chi connectivity index (χ1v) is 7.18. The van der Waals surface area contributed by atoms with Crippen molar-refractivity contribution in [3.63, 3.8) is 0 Å². The van der Waals surface area contributed by atoms with Gasteiger partial charge in [-0.25, -0.2) is 0 Å².